The van der Waals surface area contributed by atoms with Gasteiger partial charge in [0.1, 0.15) is 17.6 Å². The minimum absolute atomic E-state index is 0.000599. The molecule has 4 aromatic rings. The molecule has 1 N–H and O–H groups in total. The van der Waals surface area contributed by atoms with Crippen LogP contribution in [0.1, 0.15) is 56.5 Å². The van der Waals surface area contributed by atoms with Crippen LogP contribution in [0.2, 0.25) is 0 Å². The number of Topliss-reactive ketones (excluding diaryl/α,β-unsaturated/α-hetero) is 1. The quantitative estimate of drug-likeness (QED) is 0.187. The highest BCUT2D eigenvalue weighted by Crippen LogP contribution is 2.44. The lowest BCUT2D eigenvalue weighted by molar-refractivity contribution is -0.132. The molecule has 8 heteroatoms. The molecule has 1 unspecified atom stereocenters. The molecule has 1 saturated heterocycles. The topological polar surface area (TPSA) is 92.6 Å². The number of amides is 1. The smallest absolute Gasteiger partial charge is 0.301 e. The number of aromatic nitrogens is 2. The number of rotatable bonds is 6. The predicted octanol–water partition coefficient (Wildman–Crippen LogP) is 6.23. The Balaban J connectivity index is 1.64. The van der Waals surface area contributed by atoms with Gasteiger partial charge in [-0.05, 0) is 73.9 Å². The summed E-state index contributed by atoms with van der Waals surface area (Å²) < 4.78 is 6.61. The van der Waals surface area contributed by atoms with E-state index in [-0.39, 0.29) is 17.4 Å². The number of aliphatic hydroxyl groups is 1. The normalized spacial score (nSPS) is 17.4. The number of fused-ring (bicyclic) bond motifs is 1. The Morgan fingerprint density at radius 3 is 2.43 bits per heavy atom. The molecule has 37 heavy (non-hydrogen) atoms. The van der Waals surface area contributed by atoms with Gasteiger partial charge in [0.25, 0.3) is 5.78 Å². The zero-order valence-electron chi connectivity index (χ0n) is 21.0. The first-order valence-corrected chi connectivity index (χ1v) is 13.0. The van der Waals surface area contributed by atoms with Gasteiger partial charge in [-0.15, -0.1) is 0 Å². The van der Waals surface area contributed by atoms with Crippen molar-refractivity contribution in [3.63, 3.8) is 0 Å². The summed E-state index contributed by atoms with van der Waals surface area (Å²) in [5.41, 5.74) is 2.75. The molecule has 0 aliphatic carbocycles. The number of carbonyl (C=O) groups is 2. The monoisotopic (exact) mass is 513 g/mol. The number of carbonyl (C=O) groups excluding carboxylic acids is 2. The molecule has 0 bridgehead atoms. The second kappa shape index (κ2) is 9.78. The van der Waals surface area contributed by atoms with Crippen LogP contribution in [-0.2, 0) is 9.59 Å². The fraction of sp³-hybridized carbons (Fsp3) is 0.241. The summed E-state index contributed by atoms with van der Waals surface area (Å²) in [5.74, 6) is -0.813. The van der Waals surface area contributed by atoms with Crippen molar-refractivity contribution >= 4 is 44.1 Å². The Kier molecular flexibility index (Phi) is 6.52. The third-order valence-corrected chi connectivity index (χ3v) is 7.20. The summed E-state index contributed by atoms with van der Waals surface area (Å²) in [6, 6.07) is 17.2. The number of benzene rings is 2. The van der Waals surface area contributed by atoms with Gasteiger partial charge in [0.15, 0.2) is 5.13 Å². The fourth-order valence-electron chi connectivity index (χ4n) is 4.36. The second-order valence-corrected chi connectivity index (χ2v) is 10.5. The molecule has 7 nitrogen and oxygen atoms in total. The number of nitrogens with zero attached hydrogens (tertiary/aromatic N) is 3. The van der Waals surface area contributed by atoms with Gasteiger partial charge in [-0.1, -0.05) is 37.3 Å². The van der Waals surface area contributed by atoms with E-state index in [2.05, 4.69) is 29.9 Å². The van der Waals surface area contributed by atoms with Gasteiger partial charge in [0, 0.05) is 11.8 Å². The predicted molar refractivity (Wildman–Crippen MR) is 145 cm³/mol. The van der Waals surface area contributed by atoms with Crippen molar-refractivity contribution in [3.05, 3.63) is 89.3 Å². The molecule has 5 rings (SSSR count). The highest BCUT2D eigenvalue weighted by molar-refractivity contribution is 7.22. The molecule has 3 heterocycles. The maximum atomic E-state index is 13.4. The lowest BCUT2D eigenvalue weighted by Crippen LogP contribution is -2.29. The number of hydrogen-bond donors (Lipinski definition) is 1. The van der Waals surface area contributed by atoms with Crippen molar-refractivity contribution in [2.75, 3.05) is 4.90 Å². The summed E-state index contributed by atoms with van der Waals surface area (Å²) in [6.45, 7) is 8.08. The first-order valence-electron chi connectivity index (χ1n) is 12.1. The zero-order valence-corrected chi connectivity index (χ0v) is 21.8. The van der Waals surface area contributed by atoms with Gasteiger partial charge in [0.05, 0.1) is 27.6 Å². The first-order chi connectivity index (χ1) is 17.7. The fourth-order valence-corrected chi connectivity index (χ4v) is 5.40. The molecule has 2 aromatic carbocycles. The van der Waals surface area contributed by atoms with Crippen LogP contribution >= 0.6 is 11.3 Å². The van der Waals surface area contributed by atoms with Crippen molar-refractivity contribution in [3.8, 4) is 5.75 Å². The standard InChI is InChI=1S/C29H27N3O4S/c1-16(2)19-10-13-21-23(15-19)37-29(31-21)32-25(22-7-5-6-14-30-22)24(27(34)28(32)35)26(33)18-8-11-20(12-9-18)36-17(3)4/h5-17,25,33H,1-4H3/b26-24+. The van der Waals surface area contributed by atoms with Gasteiger partial charge < -0.3 is 9.84 Å². The van der Waals surface area contributed by atoms with Crippen molar-refractivity contribution in [1.29, 1.82) is 0 Å². The van der Waals surface area contributed by atoms with Gasteiger partial charge in [-0.2, -0.15) is 0 Å². The number of hydrogen-bond acceptors (Lipinski definition) is 7. The summed E-state index contributed by atoms with van der Waals surface area (Å²) in [7, 11) is 0. The average molecular weight is 514 g/mol. The number of thiazole rings is 1. The summed E-state index contributed by atoms with van der Waals surface area (Å²) >= 11 is 1.34. The van der Waals surface area contributed by atoms with E-state index < -0.39 is 17.7 Å². The number of pyridine rings is 1. The van der Waals surface area contributed by atoms with E-state index in [4.69, 9.17) is 4.74 Å². The van der Waals surface area contributed by atoms with Crippen LogP contribution in [0, 0.1) is 0 Å². The lowest BCUT2D eigenvalue weighted by atomic mass is 9.98. The lowest BCUT2D eigenvalue weighted by Gasteiger charge is -2.22. The maximum absolute atomic E-state index is 13.4. The van der Waals surface area contributed by atoms with E-state index in [0.717, 1.165) is 15.8 Å². The van der Waals surface area contributed by atoms with E-state index >= 15 is 0 Å². The average Bonchev–Trinajstić information content (AvgIpc) is 3.42. The molecule has 188 valence electrons. The third-order valence-electron chi connectivity index (χ3n) is 6.19. The van der Waals surface area contributed by atoms with Crippen LogP contribution in [0.25, 0.3) is 16.0 Å². The molecule has 1 amide bonds. The summed E-state index contributed by atoms with van der Waals surface area (Å²) in [4.78, 5) is 37.3. The Hall–Kier alpha value is -4.04. The van der Waals surface area contributed by atoms with E-state index in [9.17, 15) is 14.7 Å². The Bertz CT molecular complexity index is 1510. The first kappa shape index (κ1) is 24.6. The van der Waals surface area contributed by atoms with E-state index in [1.54, 1.807) is 48.7 Å². The summed E-state index contributed by atoms with van der Waals surface area (Å²) in [5, 5.41) is 11.7. The molecule has 1 aliphatic rings. The number of ether oxygens (including phenoxy) is 1. The molecule has 2 aromatic heterocycles. The molecule has 1 aliphatic heterocycles. The number of aliphatic hydroxyl groups excluding tert-OH is 1. The van der Waals surface area contributed by atoms with E-state index in [1.165, 1.54) is 16.2 Å². The van der Waals surface area contributed by atoms with Crippen molar-refractivity contribution in [2.45, 2.75) is 45.8 Å². The maximum Gasteiger partial charge on any atom is 0.301 e. The largest absolute Gasteiger partial charge is 0.507 e. The van der Waals surface area contributed by atoms with Crippen LogP contribution in [0.15, 0.2) is 72.4 Å². The van der Waals surface area contributed by atoms with Crippen molar-refractivity contribution in [2.24, 2.45) is 0 Å². The van der Waals surface area contributed by atoms with E-state index in [1.807, 2.05) is 26.0 Å². The molecule has 0 saturated carbocycles. The molecule has 1 atom stereocenters. The van der Waals surface area contributed by atoms with Crippen molar-refractivity contribution < 1.29 is 19.4 Å². The zero-order chi connectivity index (χ0) is 26.3. The van der Waals surface area contributed by atoms with Gasteiger partial charge >= 0.3 is 5.91 Å². The van der Waals surface area contributed by atoms with Crippen LogP contribution in [0.3, 0.4) is 0 Å². The molecule has 0 radical (unpaired) electrons. The Morgan fingerprint density at radius 2 is 1.78 bits per heavy atom. The highest BCUT2D eigenvalue weighted by Gasteiger charge is 2.48. The Morgan fingerprint density at radius 1 is 1.03 bits per heavy atom. The SMILES string of the molecule is CC(C)Oc1ccc(/C(O)=C2\C(=O)C(=O)N(c3nc4ccc(C(C)C)cc4s3)C2c2ccccn2)cc1. The molecular weight excluding hydrogens is 486 g/mol. The highest BCUT2D eigenvalue weighted by atomic mass is 32.1. The van der Waals surface area contributed by atoms with Gasteiger partial charge in [-0.25, -0.2) is 4.98 Å². The summed E-state index contributed by atoms with van der Waals surface area (Å²) in [6.07, 6.45) is 1.60. The van der Waals surface area contributed by atoms with Gasteiger partial charge in [0.2, 0.25) is 0 Å². The minimum atomic E-state index is -0.919. The second-order valence-electron chi connectivity index (χ2n) is 9.49. The Labute approximate surface area is 219 Å². The van der Waals surface area contributed by atoms with Crippen molar-refractivity contribution in [1.82, 2.24) is 9.97 Å². The van der Waals surface area contributed by atoms with E-state index in [0.29, 0.717) is 28.1 Å². The van der Waals surface area contributed by atoms with Gasteiger partial charge in [-0.3, -0.25) is 19.5 Å². The van der Waals surface area contributed by atoms with Crippen LogP contribution in [0.4, 0.5) is 5.13 Å². The van der Waals surface area contributed by atoms with Crippen LogP contribution in [0.5, 0.6) is 5.75 Å². The third kappa shape index (κ3) is 4.60. The minimum Gasteiger partial charge on any atom is -0.507 e. The molecular formula is C29H27N3O4S. The number of ketones is 1. The number of anilines is 1. The molecule has 1 fully saturated rings. The van der Waals surface area contributed by atoms with Crippen LogP contribution in [-0.4, -0.2) is 32.9 Å². The molecule has 0 spiro atoms. The van der Waals surface area contributed by atoms with Crippen LogP contribution < -0.4 is 9.64 Å².